The van der Waals surface area contributed by atoms with Crippen LogP contribution in [0.2, 0.25) is 5.02 Å². The van der Waals surface area contributed by atoms with Crippen LogP contribution in [0.25, 0.3) is 0 Å². The lowest BCUT2D eigenvalue weighted by Gasteiger charge is -2.38. The van der Waals surface area contributed by atoms with Gasteiger partial charge in [-0.15, -0.1) is 0 Å². The Labute approximate surface area is 233 Å². The summed E-state index contributed by atoms with van der Waals surface area (Å²) in [6, 6.07) is 6.80. The lowest BCUT2D eigenvalue weighted by Crippen LogP contribution is -2.44. The van der Waals surface area contributed by atoms with Crippen LogP contribution in [0.5, 0.6) is 0 Å². The summed E-state index contributed by atoms with van der Waals surface area (Å²) in [5.41, 5.74) is 1.89. The van der Waals surface area contributed by atoms with Crippen molar-refractivity contribution in [1.29, 1.82) is 0 Å². The van der Waals surface area contributed by atoms with E-state index in [-0.39, 0.29) is 24.2 Å². The smallest absolute Gasteiger partial charge is 0.338 e. The second-order valence-electron chi connectivity index (χ2n) is 10.6. The van der Waals surface area contributed by atoms with Gasteiger partial charge in [0.1, 0.15) is 5.60 Å². The largest absolute Gasteiger partial charge is 0.466 e. The first-order valence-corrected chi connectivity index (χ1v) is 14.1. The highest BCUT2D eigenvalue weighted by Gasteiger charge is 2.42. The van der Waals surface area contributed by atoms with Gasteiger partial charge in [-0.1, -0.05) is 35.5 Å². The van der Waals surface area contributed by atoms with Gasteiger partial charge in [-0.2, -0.15) is 0 Å². The number of carbonyl (C=O) groups excluding carboxylic acids is 3. The zero-order valence-corrected chi connectivity index (χ0v) is 24.0. The SMILES string of the molecule is CCOC(=O)[C@@H]1CCCN(C(=O)CC2=CSC3=NC(C)=C(C(=O)OC(C)(C)C)[C@H](c4ccc(Cl)cc4)N23)C1. The number of hydrogen-bond acceptors (Lipinski definition) is 8. The number of fused-ring (bicyclic) bond motifs is 1. The summed E-state index contributed by atoms with van der Waals surface area (Å²) >= 11 is 7.60. The van der Waals surface area contributed by atoms with Gasteiger partial charge in [0, 0.05) is 23.8 Å². The Balaban J connectivity index is 1.62. The first kappa shape index (κ1) is 28.2. The average Bonchev–Trinajstić information content (AvgIpc) is 3.24. The quantitative estimate of drug-likeness (QED) is 0.428. The van der Waals surface area contributed by atoms with Gasteiger partial charge in [0.15, 0.2) is 5.17 Å². The molecule has 1 fully saturated rings. The molecule has 204 valence electrons. The molecule has 0 saturated carbocycles. The number of likely N-dealkylation sites (tertiary alicyclic amines) is 1. The zero-order valence-electron chi connectivity index (χ0n) is 22.5. The van der Waals surface area contributed by atoms with E-state index in [1.807, 2.05) is 43.2 Å². The number of esters is 2. The number of piperidine rings is 1. The normalized spacial score (nSPS) is 21.5. The summed E-state index contributed by atoms with van der Waals surface area (Å²) in [6.07, 6.45) is 1.58. The van der Waals surface area contributed by atoms with Crippen LogP contribution >= 0.6 is 23.4 Å². The van der Waals surface area contributed by atoms with Crippen molar-refractivity contribution in [3.63, 3.8) is 0 Å². The summed E-state index contributed by atoms with van der Waals surface area (Å²) < 4.78 is 11.0. The topological polar surface area (TPSA) is 88.5 Å². The molecule has 2 atom stereocenters. The van der Waals surface area contributed by atoms with Gasteiger partial charge in [0.2, 0.25) is 5.91 Å². The lowest BCUT2D eigenvalue weighted by atomic mass is 9.93. The van der Waals surface area contributed by atoms with Crippen LogP contribution in [0.3, 0.4) is 0 Å². The van der Waals surface area contributed by atoms with Crippen LogP contribution in [-0.2, 0) is 23.9 Å². The van der Waals surface area contributed by atoms with Crippen LogP contribution in [0.1, 0.15) is 65.5 Å². The van der Waals surface area contributed by atoms with Crippen molar-refractivity contribution in [3.8, 4) is 0 Å². The number of rotatable bonds is 6. The minimum Gasteiger partial charge on any atom is -0.466 e. The average molecular weight is 560 g/mol. The van der Waals surface area contributed by atoms with Crippen molar-refractivity contribution >= 4 is 46.4 Å². The number of allylic oxidation sites excluding steroid dienone is 1. The van der Waals surface area contributed by atoms with Gasteiger partial charge in [0.25, 0.3) is 0 Å². The molecular weight excluding hydrogens is 526 g/mol. The Morgan fingerprint density at radius 1 is 1.18 bits per heavy atom. The molecule has 4 rings (SSSR count). The van der Waals surface area contributed by atoms with Gasteiger partial charge in [-0.3, -0.25) is 9.59 Å². The molecule has 0 unspecified atom stereocenters. The molecule has 1 aromatic rings. The summed E-state index contributed by atoms with van der Waals surface area (Å²) in [5.74, 6) is -1.09. The molecule has 0 N–H and O–H groups in total. The van der Waals surface area contributed by atoms with Gasteiger partial charge in [-0.25, -0.2) is 9.79 Å². The minimum atomic E-state index is -0.684. The van der Waals surface area contributed by atoms with E-state index in [2.05, 4.69) is 0 Å². The maximum Gasteiger partial charge on any atom is 0.338 e. The van der Waals surface area contributed by atoms with Crippen LogP contribution in [0.4, 0.5) is 0 Å². The van der Waals surface area contributed by atoms with Crippen LogP contribution in [0, 0.1) is 5.92 Å². The van der Waals surface area contributed by atoms with Crippen molar-refractivity contribution < 1.29 is 23.9 Å². The highest BCUT2D eigenvalue weighted by molar-refractivity contribution is 8.16. The van der Waals surface area contributed by atoms with E-state index in [4.69, 9.17) is 26.1 Å². The Morgan fingerprint density at radius 2 is 1.89 bits per heavy atom. The first-order chi connectivity index (χ1) is 18.0. The highest BCUT2D eigenvalue weighted by atomic mass is 35.5. The number of nitrogens with zero attached hydrogens (tertiary/aromatic N) is 3. The third kappa shape index (κ3) is 6.26. The predicted octanol–water partition coefficient (Wildman–Crippen LogP) is 5.45. The monoisotopic (exact) mass is 559 g/mol. The van der Waals surface area contributed by atoms with Crippen LogP contribution in [-0.4, -0.2) is 58.1 Å². The Hall–Kier alpha value is -2.78. The van der Waals surface area contributed by atoms with E-state index < -0.39 is 17.6 Å². The maximum absolute atomic E-state index is 13.4. The van der Waals surface area contributed by atoms with E-state index in [1.165, 1.54) is 11.8 Å². The van der Waals surface area contributed by atoms with Gasteiger partial charge >= 0.3 is 11.9 Å². The fourth-order valence-corrected chi connectivity index (χ4v) is 5.94. The Morgan fingerprint density at radius 3 is 2.55 bits per heavy atom. The van der Waals surface area contributed by atoms with Crippen molar-refractivity contribution in [3.05, 3.63) is 57.2 Å². The molecule has 10 heteroatoms. The van der Waals surface area contributed by atoms with Crippen molar-refractivity contribution in [2.24, 2.45) is 10.9 Å². The molecule has 3 aliphatic heterocycles. The third-order valence-corrected chi connectivity index (χ3v) is 7.67. The highest BCUT2D eigenvalue weighted by Crippen LogP contribution is 2.45. The molecule has 3 aliphatic rings. The standard InChI is InChI=1S/C28H34ClN3O5S/c1-6-36-25(34)19-8-7-13-31(15-19)22(33)14-21-16-38-27-30-17(2)23(26(35)37-28(3,4)5)24(32(21)27)18-9-11-20(29)12-10-18/h9-12,16,19,24H,6-8,13-15H2,1-5H3/t19-,24+/m1/s1. The Bertz CT molecular complexity index is 1200. The van der Waals surface area contributed by atoms with E-state index in [1.54, 1.807) is 30.9 Å². The van der Waals surface area contributed by atoms with E-state index in [0.29, 0.717) is 47.6 Å². The number of amidine groups is 1. The number of ether oxygens (including phenoxy) is 2. The molecular formula is C28H34ClN3O5S. The molecule has 1 amide bonds. The molecule has 0 bridgehead atoms. The number of aliphatic imine (C=N–C) groups is 1. The number of amides is 1. The fraction of sp³-hybridized carbons (Fsp3) is 0.500. The van der Waals surface area contributed by atoms with Gasteiger partial charge in [0.05, 0.1) is 36.3 Å². The lowest BCUT2D eigenvalue weighted by molar-refractivity contribution is -0.152. The summed E-state index contributed by atoms with van der Waals surface area (Å²) in [6.45, 7) is 10.3. The molecule has 8 nitrogen and oxygen atoms in total. The van der Waals surface area contributed by atoms with Gasteiger partial charge < -0.3 is 19.3 Å². The number of benzene rings is 1. The number of hydrogen-bond donors (Lipinski definition) is 0. The van der Waals surface area contributed by atoms with E-state index in [9.17, 15) is 14.4 Å². The number of halogens is 1. The predicted molar refractivity (Wildman–Crippen MR) is 148 cm³/mol. The van der Waals surface area contributed by atoms with Gasteiger partial charge in [-0.05, 0) is 70.6 Å². The minimum absolute atomic E-state index is 0.0768. The summed E-state index contributed by atoms with van der Waals surface area (Å²) in [5, 5.41) is 3.19. The Kier molecular flexibility index (Phi) is 8.57. The molecule has 1 aromatic carbocycles. The molecule has 0 aliphatic carbocycles. The second-order valence-corrected chi connectivity index (χ2v) is 11.8. The molecule has 0 aromatic heterocycles. The molecule has 3 heterocycles. The molecule has 0 spiro atoms. The second kappa shape index (κ2) is 11.5. The van der Waals surface area contributed by atoms with Crippen LogP contribution in [0.15, 0.2) is 51.6 Å². The number of thioether (sulfide) groups is 1. The zero-order chi connectivity index (χ0) is 27.6. The maximum atomic E-state index is 13.4. The third-order valence-electron chi connectivity index (χ3n) is 6.53. The summed E-state index contributed by atoms with van der Waals surface area (Å²) in [7, 11) is 0. The fourth-order valence-electron chi connectivity index (χ4n) is 4.85. The van der Waals surface area contributed by atoms with Crippen molar-refractivity contribution in [1.82, 2.24) is 9.80 Å². The first-order valence-electron chi connectivity index (χ1n) is 12.9. The number of carbonyl (C=O) groups is 3. The van der Waals surface area contributed by atoms with Crippen molar-refractivity contribution in [2.45, 2.75) is 65.5 Å². The summed E-state index contributed by atoms with van der Waals surface area (Å²) in [4.78, 5) is 47.6. The molecule has 38 heavy (non-hydrogen) atoms. The van der Waals surface area contributed by atoms with Crippen molar-refractivity contribution in [2.75, 3.05) is 19.7 Å². The van der Waals surface area contributed by atoms with Crippen LogP contribution < -0.4 is 0 Å². The van der Waals surface area contributed by atoms with E-state index in [0.717, 1.165) is 17.7 Å². The van der Waals surface area contributed by atoms with E-state index >= 15 is 0 Å². The molecule has 1 saturated heterocycles. The molecule has 0 radical (unpaired) electrons.